The predicted molar refractivity (Wildman–Crippen MR) is 98.3 cm³/mol. The number of hydrogen-bond acceptors (Lipinski definition) is 6. The third-order valence-corrected chi connectivity index (χ3v) is 3.85. The number of esters is 1. The van der Waals surface area contributed by atoms with Crippen molar-refractivity contribution in [3.63, 3.8) is 0 Å². The van der Waals surface area contributed by atoms with Crippen molar-refractivity contribution in [2.75, 3.05) is 19.1 Å². The van der Waals surface area contributed by atoms with E-state index in [9.17, 15) is 14.4 Å². The minimum Gasteiger partial charge on any atom is -0.465 e. The second-order valence-electron chi connectivity index (χ2n) is 6.41. The van der Waals surface area contributed by atoms with E-state index in [4.69, 9.17) is 4.74 Å². The quantitative estimate of drug-likeness (QED) is 0.588. The number of carbonyl (C=O) groups excluding carboxylic acids is 3. The Hall–Kier alpha value is -2.02. The summed E-state index contributed by atoms with van der Waals surface area (Å²) in [6, 6.07) is 5.47. The average molecular weight is 367 g/mol. The van der Waals surface area contributed by atoms with Crippen LogP contribution in [0.1, 0.15) is 47.9 Å². The highest BCUT2D eigenvalue weighted by atomic mass is 32.2. The maximum absolute atomic E-state index is 12.7. The van der Waals surface area contributed by atoms with Crippen molar-refractivity contribution < 1.29 is 23.9 Å². The van der Waals surface area contributed by atoms with E-state index in [0.717, 1.165) is 0 Å². The van der Waals surface area contributed by atoms with Gasteiger partial charge in [0, 0.05) is 5.56 Å². The van der Waals surface area contributed by atoms with Crippen LogP contribution >= 0.6 is 11.8 Å². The summed E-state index contributed by atoms with van der Waals surface area (Å²) in [6.45, 7) is 5.28. The molecular formula is C18H25NO5S. The van der Waals surface area contributed by atoms with Crippen molar-refractivity contribution in [1.29, 1.82) is 0 Å². The zero-order valence-electron chi connectivity index (χ0n) is 15.3. The van der Waals surface area contributed by atoms with E-state index in [2.05, 4.69) is 10.1 Å². The molecule has 0 spiro atoms. The molecular weight excluding hydrogens is 342 g/mol. The molecule has 0 bridgehead atoms. The summed E-state index contributed by atoms with van der Waals surface area (Å²) in [5, 5.41) is 2.64. The molecule has 1 rings (SSSR count). The standard InChI is InChI=1S/C18H25NO5S/c1-18(2,3)24-17(22)19-14(10-11-25-5)15(20)12-6-8-13(9-7-12)16(21)23-4/h6-9,14H,10-11H2,1-5H3,(H,19,22). The van der Waals surface area contributed by atoms with Gasteiger partial charge in [-0.2, -0.15) is 11.8 Å². The lowest BCUT2D eigenvalue weighted by Crippen LogP contribution is -2.43. The molecule has 0 aliphatic heterocycles. The lowest BCUT2D eigenvalue weighted by Gasteiger charge is -2.23. The summed E-state index contributed by atoms with van der Waals surface area (Å²) in [6.07, 6.45) is 1.79. The molecule has 25 heavy (non-hydrogen) atoms. The number of ether oxygens (including phenoxy) is 2. The number of Topliss-reactive ketones (excluding diaryl/α,β-unsaturated/α-hetero) is 1. The van der Waals surface area contributed by atoms with Crippen LogP contribution < -0.4 is 5.32 Å². The number of ketones is 1. The SMILES string of the molecule is COC(=O)c1ccc(C(=O)C(CCSC)NC(=O)OC(C)(C)C)cc1. The topological polar surface area (TPSA) is 81.7 Å². The van der Waals surface area contributed by atoms with Gasteiger partial charge in [-0.3, -0.25) is 4.79 Å². The predicted octanol–water partition coefficient (Wildman–Crippen LogP) is 3.30. The molecule has 0 aliphatic carbocycles. The molecule has 0 saturated carbocycles. The van der Waals surface area contributed by atoms with Gasteiger partial charge < -0.3 is 14.8 Å². The monoisotopic (exact) mass is 367 g/mol. The molecule has 1 N–H and O–H groups in total. The van der Waals surface area contributed by atoms with Gasteiger partial charge >= 0.3 is 12.1 Å². The molecule has 6 nitrogen and oxygen atoms in total. The highest BCUT2D eigenvalue weighted by Gasteiger charge is 2.25. The first-order chi connectivity index (χ1) is 11.7. The van der Waals surface area contributed by atoms with Gasteiger partial charge in [0.25, 0.3) is 0 Å². The summed E-state index contributed by atoms with van der Waals surface area (Å²) in [5.41, 5.74) is 0.133. The Morgan fingerprint density at radius 2 is 1.68 bits per heavy atom. The first kappa shape index (κ1) is 21.0. The van der Waals surface area contributed by atoms with Gasteiger partial charge in [-0.05, 0) is 51.3 Å². The number of alkyl carbamates (subject to hydrolysis) is 1. The van der Waals surface area contributed by atoms with E-state index in [0.29, 0.717) is 23.3 Å². The number of amides is 1. The Morgan fingerprint density at radius 1 is 1.12 bits per heavy atom. The number of methoxy groups -OCH3 is 1. The molecule has 1 aromatic rings. The molecule has 1 unspecified atom stereocenters. The summed E-state index contributed by atoms with van der Waals surface area (Å²) in [7, 11) is 1.30. The van der Waals surface area contributed by atoms with Crippen LogP contribution in [0.15, 0.2) is 24.3 Å². The molecule has 0 heterocycles. The third-order valence-electron chi connectivity index (χ3n) is 3.21. The van der Waals surface area contributed by atoms with Crippen molar-refractivity contribution in [2.24, 2.45) is 0 Å². The molecule has 1 atom stereocenters. The summed E-state index contributed by atoms with van der Waals surface area (Å²) in [4.78, 5) is 36.2. The normalized spacial score (nSPS) is 12.2. The Morgan fingerprint density at radius 3 is 2.16 bits per heavy atom. The molecule has 0 aromatic heterocycles. The van der Waals surface area contributed by atoms with Crippen molar-refractivity contribution in [3.05, 3.63) is 35.4 Å². The zero-order valence-corrected chi connectivity index (χ0v) is 16.1. The minimum absolute atomic E-state index is 0.226. The largest absolute Gasteiger partial charge is 0.465 e. The Bertz CT molecular complexity index is 607. The fourth-order valence-corrected chi connectivity index (χ4v) is 2.52. The van der Waals surface area contributed by atoms with E-state index in [1.165, 1.54) is 19.2 Å². The van der Waals surface area contributed by atoms with Gasteiger partial charge in [0.15, 0.2) is 5.78 Å². The Labute approximate surface area is 152 Å². The number of rotatable bonds is 7. The highest BCUT2D eigenvalue weighted by molar-refractivity contribution is 7.98. The van der Waals surface area contributed by atoms with Gasteiger partial charge in [-0.25, -0.2) is 9.59 Å². The number of benzene rings is 1. The van der Waals surface area contributed by atoms with Crippen LogP contribution in [0, 0.1) is 0 Å². The summed E-state index contributed by atoms with van der Waals surface area (Å²) < 4.78 is 9.87. The number of thioether (sulfide) groups is 1. The Balaban J connectivity index is 2.88. The summed E-state index contributed by atoms with van der Waals surface area (Å²) >= 11 is 1.59. The van der Waals surface area contributed by atoms with Crippen molar-refractivity contribution in [1.82, 2.24) is 5.32 Å². The maximum atomic E-state index is 12.7. The molecule has 138 valence electrons. The lowest BCUT2D eigenvalue weighted by molar-refractivity contribution is 0.0490. The number of carbonyl (C=O) groups is 3. The molecule has 7 heteroatoms. The van der Waals surface area contributed by atoms with Crippen LogP contribution in [0.3, 0.4) is 0 Å². The highest BCUT2D eigenvalue weighted by Crippen LogP contribution is 2.13. The molecule has 0 aliphatic rings. The van der Waals surface area contributed by atoms with Crippen LogP contribution in [0.4, 0.5) is 4.79 Å². The van der Waals surface area contributed by atoms with E-state index in [1.807, 2.05) is 6.26 Å². The second-order valence-corrected chi connectivity index (χ2v) is 7.40. The van der Waals surface area contributed by atoms with Crippen LogP contribution in [-0.4, -0.2) is 48.6 Å². The molecule has 1 amide bonds. The number of nitrogens with one attached hydrogen (secondary N) is 1. The van der Waals surface area contributed by atoms with Crippen LogP contribution in [0.25, 0.3) is 0 Å². The van der Waals surface area contributed by atoms with E-state index in [-0.39, 0.29) is 5.78 Å². The fraction of sp³-hybridized carbons (Fsp3) is 0.500. The fourth-order valence-electron chi connectivity index (χ4n) is 2.04. The van der Waals surface area contributed by atoms with Crippen LogP contribution in [0.2, 0.25) is 0 Å². The van der Waals surface area contributed by atoms with Gasteiger partial charge in [-0.1, -0.05) is 12.1 Å². The minimum atomic E-state index is -0.689. The molecule has 0 saturated heterocycles. The number of hydrogen-bond donors (Lipinski definition) is 1. The van der Waals surface area contributed by atoms with Crippen LogP contribution in [-0.2, 0) is 9.47 Å². The maximum Gasteiger partial charge on any atom is 0.408 e. The summed E-state index contributed by atoms with van der Waals surface area (Å²) in [5.74, 6) is 0.0213. The van der Waals surface area contributed by atoms with Crippen molar-refractivity contribution in [2.45, 2.75) is 38.8 Å². The first-order valence-electron chi connectivity index (χ1n) is 7.89. The van der Waals surface area contributed by atoms with Gasteiger partial charge in [0.05, 0.1) is 18.7 Å². The average Bonchev–Trinajstić information content (AvgIpc) is 2.55. The molecule has 0 fully saturated rings. The van der Waals surface area contributed by atoms with E-state index >= 15 is 0 Å². The Kier molecular flexibility index (Phi) is 7.96. The lowest BCUT2D eigenvalue weighted by atomic mass is 10.0. The first-order valence-corrected chi connectivity index (χ1v) is 9.28. The van der Waals surface area contributed by atoms with Crippen molar-refractivity contribution >= 4 is 29.6 Å². The van der Waals surface area contributed by atoms with Crippen molar-refractivity contribution in [3.8, 4) is 0 Å². The smallest absolute Gasteiger partial charge is 0.408 e. The van der Waals surface area contributed by atoms with Gasteiger partial charge in [-0.15, -0.1) is 0 Å². The van der Waals surface area contributed by atoms with Crippen LogP contribution in [0.5, 0.6) is 0 Å². The third kappa shape index (κ3) is 7.17. The second kappa shape index (κ2) is 9.46. The van der Waals surface area contributed by atoms with Gasteiger partial charge in [0.1, 0.15) is 5.60 Å². The van der Waals surface area contributed by atoms with E-state index < -0.39 is 23.7 Å². The molecule has 0 radical (unpaired) electrons. The van der Waals surface area contributed by atoms with E-state index in [1.54, 1.807) is 44.7 Å². The molecule has 1 aromatic carbocycles. The zero-order chi connectivity index (χ0) is 19.0. The van der Waals surface area contributed by atoms with Gasteiger partial charge in [0.2, 0.25) is 0 Å².